The molecule has 5 aromatic rings. The van der Waals surface area contributed by atoms with Crippen LogP contribution < -0.4 is 0 Å². The highest BCUT2D eigenvalue weighted by molar-refractivity contribution is 6.35. The van der Waals surface area contributed by atoms with Crippen LogP contribution in [0.1, 0.15) is 27.4 Å². The van der Waals surface area contributed by atoms with Gasteiger partial charge in [0.25, 0.3) is 17.6 Å². The number of fused-ring (bicyclic) bond motifs is 1. The van der Waals surface area contributed by atoms with Gasteiger partial charge in [0.2, 0.25) is 0 Å². The summed E-state index contributed by atoms with van der Waals surface area (Å²) in [5.41, 5.74) is 3.71. The second-order valence-electron chi connectivity index (χ2n) is 7.26. The highest BCUT2D eigenvalue weighted by atomic mass is 35.5. The smallest absolute Gasteiger partial charge is 0.289 e. The van der Waals surface area contributed by atoms with Crippen molar-refractivity contribution in [3.05, 3.63) is 93.8 Å². The number of benzene rings is 2. The third-order valence-corrected chi connectivity index (χ3v) is 5.64. The Morgan fingerprint density at radius 2 is 1.97 bits per heavy atom. The summed E-state index contributed by atoms with van der Waals surface area (Å²) >= 11 is 12.4. The maximum atomic E-state index is 13.3. The van der Waals surface area contributed by atoms with E-state index in [1.807, 2.05) is 35.8 Å². The fourth-order valence-corrected chi connectivity index (χ4v) is 3.98. The van der Waals surface area contributed by atoms with Crippen molar-refractivity contribution >= 4 is 39.9 Å². The first-order valence-corrected chi connectivity index (χ1v) is 10.4. The van der Waals surface area contributed by atoms with E-state index >= 15 is 0 Å². The summed E-state index contributed by atoms with van der Waals surface area (Å²) in [5.74, 6) is -0.318. The van der Waals surface area contributed by atoms with Gasteiger partial charge in [-0.1, -0.05) is 40.9 Å². The Bertz CT molecular complexity index is 1460. The van der Waals surface area contributed by atoms with E-state index in [1.54, 1.807) is 30.6 Å². The summed E-state index contributed by atoms with van der Waals surface area (Å²) in [6, 6.07) is 12.9. The number of ketones is 1. The molecule has 0 aliphatic rings. The Morgan fingerprint density at radius 3 is 2.75 bits per heavy atom. The topological polar surface area (TPSA) is 86.7 Å². The molecule has 0 fully saturated rings. The number of nitrogens with zero attached hydrogens (tertiary/aromatic N) is 5. The highest BCUT2D eigenvalue weighted by Crippen LogP contribution is 2.28. The van der Waals surface area contributed by atoms with E-state index in [4.69, 9.17) is 27.6 Å². The van der Waals surface area contributed by atoms with Crippen molar-refractivity contribution in [3.8, 4) is 11.6 Å². The zero-order valence-electron chi connectivity index (χ0n) is 16.8. The van der Waals surface area contributed by atoms with Crippen LogP contribution in [0.4, 0.5) is 0 Å². The fraction of sp³-hybridized carbons (Fsp3) is 0.0870. The molecule has 3 heterocycles. The molecule has 7 nitrogen and oxygen atoms in total. The molecule has 0 spiro atoms. The van der Waals surface area contributed by atoms with Crippen LogP contribution in [0.5, 0.6) is 0 Å². The zero-order chi connectivity index (χ0) is 22.2. The molecule has 3 aromatic heterocycles. The van der Waals surface area contributed by atoms with Crippen molar-refractivity contribution in [2.24, 2.45) is 0 Å². The predicted molar refractivity (Wildman–Crippen MR) is 121 cm³/mol. The van der Waals surface area contributed by atoms with E-state index in [0.29, 0.717) is 27.8 Å². The molecule has 0 unspecified atom stereocenters. The average Bonchev–Trinajstić information content (AvgIpc) is 3.41. The van der Waals surface area contributed by atoms with Gasteiger partial charge in [-0.2, -0.15) is 0 Å². The molecule has 0 aliphatic carbocycles. The minimum Gasteiger partial charge on any atom is -0.412 e. The van der Waals surface area contributed by atoms with Crippen molar-refractivity contribution in [1.82, 2.24) is 24.7 Å². The van der Waals surface area contributed by atoms with Crippen molar-refractivity contribution in [2.45, 2.75) is 13.5 Å². The Kier molecular flexibility index (Phi) is 5.20. The van der Waals surface area contributed by atoms with Crippen LogP contribution in [0, 0.1) is 6.92 Å². The van der Waals surface area contributed by atoms with Crippen LogP contribution in [0.15, 0.2) is 65.6 Å². The number of halogens is 2. The Morgan fingerprint density at radius 1 is 1.09 bits per heavy atom. The summed E-state index contributed by atoms with van der Waals surface area (Å²) in [7, 11) is 0. The molecule has 32 heavy (non-hydrogen) atoms. The molecular formula is C23H15Cl2N5O2. The summed E-state index contributed by atoms with van der Waals surface area (Å²) in [5, 5.41) is 9.83. The third-order valence-electron chi connectivity index (χ3n) is 5.06. The molecule has 0 N–H and O–H groups in total. The van der Waals surface area contributed by atoms with Crippen LogP contribution in [0.2, 0.25) is 10.0 Å². The Hall–Kier alpha value is -3.55. The van der Waals surface area contributed by atoms with E-state index in [0.717, 1.165) is 22.0 Å². The van der Waals surface area contributed by atoms with Crippen molar-refractivity contribution in [1.29, 1.82) is 0 Å². The van der Waals surface area contributed by atoms with Crippen molar-refractivity contribution < 1.29 is 9.21 Å². The average molecular weight is 464 g/mol. The van der Waals surface area contributed by atoms with Gasteiger partial charge in [0.15, 0.2) is 0 Å². The molecule has 158 valence electrons. The Balaban J connectivity index is 1.56. The number of aryl methyl sites for hydroxylation is 1. The number of hydrogen-bond acceptors (Lipinski definition) is 6. The lowest BCUT2D eigenvalue weighted by atomic mass is 10.1. The number of hydrogen-bond donors (Lipinski definition) is 0. The van der Waals surface area contributed by atoms with Crippen LogP contribution in [-0.4, -0.2) is 30.5 Å². The molecular weight excluding hydrogens is 449 g/mol. The maximum Gasteiger partial charge on any atom is 0.289 e. The molecule has 0 atom stereocenters. The van der Waals surface area contributed by atoms with Gasteiger partial charge in [0, 0.05) is 39.9 Å². The zero-order valence-corrected chi connectivity index (χ0v) is 18.3. The van der Waals surface area contributed by atoms with Gasteiger partial charge in [0.1, 0.15) is 12.0 Å². The van der Waals surface area contributed by atoms with E-state index in [2.05, 4.69) is 20.2 Å². The molecule has 0 saturated heterocycles. The predicted octanol–water partition coefficient (Wildman–Crippen LogP) is 5.38. The van der Waals surface area contributed by atoms with E-state index in [9.17, 15) is 4.79 Å². The first-order valence-electron chi connectivity index (χ1n) is 9.67. The number of rotatable bonds is 5. The third kappa shape index (κ3) is 3.77. The largest absolute Gasteiger partial charge is 0.412 e. The molecule has 5 rings (SSSR count). The van der Waals surface area contributed by atoms with Crippen LogP contribution >= 0.6 is 23.2 Å². The highest BCUT2D eigenvalue weighted by Gasteiger charge is 2.23. The first kappa shape index (κ1) is 20.4. The standard InChI is InChI=1S/C23H15Cl2N5O2/c1-13-2-5-20-16(8-13)17(11-30(20)10-14-3-4-15(24)9-18(14)25)21(31)23-29-28-22(32-23)19-6-7-26-12-27-19/h2-9,11-12H,10H2,1H3. The van der Waals surface area contributed by atoms with Crippen molar-refractivity contribution in [2.75, 3.05) is 0 Å². The summed E-state index contributed by atoms with van der Waals surface area (Å²) in [4.78, 5) is 21.2. The van der Waals surface area contributed by atoms with Gasteiger partial charge in [0.05, 0.1) is 5.56 Å². The SMILES string of the molecule is Cc1ccc2c(c1)c(C(=O)c1nnc(-c3ccncn3)o1)cn2Cc1ccc(Cl)cc1Cl. The second-order valence-corrected chi connectivity index (χ2v) is 8.11. The molecule has 0 aliphatic heterocycles. The van der Waals surface area contributed by atoms with Crippen LogP contribution in [-0.2, 0) is 6.54 Å². The summed E-state index contributed by atoms with van der Waals surface area (Å²) < 4.78 is 7.59. The van der Waals surface area contributed by atoms with Gasteiger partial charge in [-0.25, -0.2) is 9.97 Å². The quantitative estimate of drug-likeness (QED) is 0.325. The monoisotopic (exact) mass is 463 g/mol. The molecule has 9 heteroatoms. The van der Waals surface area contributed by atoms with Crippen LogP contribution in [0.3, 0.4) is 0 Å². The van der Waals surface area contributed by atoms with Crippen LogP contribution in [0.25, 0.3) is 22.5 Å². The van der Waals surface area contributed by atoms with E-state index in [-0.39, 0.29) is 17.6 Å². The summed E-state index contributed by atoms with van der Waals surface area (Å²) in [6.07, 6.45) is 4.72. The maximum absolute atomic E-state index is 13.3. The van der Waals surface area contributed by atoms with Gasteiger partial charge in [-0.05, 0) is 42.8 Å². The molecule has 0 radical (unpaired) electrons. The minimum atomic E-state index is -0.366. The first-order chi connectivity index (χ1) is 15.5. The van der Waals surface area contributed by atoms with E-state index < -0.39 is 0 Å². The fourth-order valence-electron chi connectivity index (χ4n) is 3.51. The van der Waals surface area contributed by atoms with E-state index in [1.165, 1.54) is 6.33 Å². The number of carbonyl (C=O) groups excluding carboxylic acids is 1. The van der Waals surface area contributed by atoms with Gasteiger partial charge >= 0.3 is 0 Å². The molecule has 0 amide bonds. The molecule has 0 saturated carbocycles. The molecule has 2 aromatic carbocycles. The lowest BCUT2D eigenvalue weighted by Crippen LogP contribution is -2.02. The summed E-state index contributed by atoms with van der Waals surface area (Å²) in [6.45, 7) is 2.44. The van der Waals surface area contributed by atoms with Gasteiger partial charge in [-0.15, -0.1) is 10.2 Å². The molecule has 0 bridgehead atoms. The van der Waals surface area contributed by atoms with Gasteiger partial charge < -0.3 is 8.98 Å². The normalized spacial score (nSPS) is 11.2. The lowest BCUT2D eigenvalue weighted by molar-refractivity contribution is 0.100. The number of aromatic nitrogens is 5. The minimum absolute atomic E-state index is 0.108. The second kappa shape index (κ2) is 8.18. The van der Waals surface area contributed by atoms with Crippen molar-refractivity contribution in [3.63, 3.8) is 0 Å². The number of carbonyl (C=O) groups is 1. The Labute approximate surface area is 192 Å². The lowest BCUT2D eigenvalue weighted by Gasteiger charge is -2.08. The van der Waals surface area contributed by atoms with Gasteiger partial charge in [-0.3, -0.25) is 4.79 Å².